The van der Waals surface area contributed by atoms with E-state index in [2.05, 4.69) is 6.58 Å². The van der Waals surface area contributed by atoms with Gasteiger partial charge in [-0.15, -0.1) is 0 Å². The molecular formula is C18H19ClF2N2. The van der Waals surface area contributed by atoms with Gasteiger partial charge < -0.3 is 4.90 Å². The first-order chi connectivity index (χ1) is 10.9. The van der Waals surface area contributed by atoms with Crippen LogP contribution in [0.15, 0.2) is 30.8 Å². The van der Waals surface area contributed by atoms with Crippen LogP contribution in [-0.2, 0) is 0 Å². The normalized spacial score (nSPS) is 18.0. The Kier molecular flexibility index (Phi) is 4.28. The Balaban J connectivity index is 2.06. The molecule has 0 amide bonds. The lowest BCUT2D eigenvalue weighted by Crippen LogP contribution is -2.27. The SMILES string of the molecule is C=C(C)c1cc2cc(Cl)ccc2nc1N1CCCC(F)(F)CC1. The maximum atomic E-state index is 13.6. The molecule has 1 aliphatic rings. The lowest BCUT2D eigenvalue weighted by molar-refractivity contribution is -0.0102. The van der Waals surface area contributed by atoms with Crippen molar-refractivity contribution in [1.29, 1.82) is 0 Å². The molecule has 0 aliphatic carbocycles. The zero-order chi connectivity index (χ0) is 16.6. The van der Waals surface area contributed by atoms with Crippen molar-refractivity contribution in [3.63, 3.8) is 0 Å². The van der Waals surface area contributed by atoms with Gasteiger partial charge in [0.1, 0.15) is 5.82 Å². The highest BCUT2D eigenvalue weighted by atomic mass is 35.5. The molecule has 1 aromatic carbocycles. The zero-order valence-electron chi connectivity index (χ0n) is 13.1. The molecule has 0 atom stereocenters. The zero-order valence-corrected chi connectivity index (χ0v) is 13.8. The van der Waals surface area contributed by atoms with Crippen LogP contribution in [-0.4, -0.2) is 24.0 Å². The first-order valence-electron chi connectivity index (χ1n) is 7.75. The van der Waals surface area contributed by atoms with E-state index in [0.717, 1.165) is 27.9 Å². The maximum Gasteiger partial charge on any atom is 0.249 e. The molecule has 2 aromatic rings. The maximum absolute atomic E-state index is 13.6. The Bertz CT molecular complexity index is 758. The Hall–Kier alpha value is -1.68. The number of aromatic nitrogens is 1. The second kappa shape index (κ2) is 6.08. The van der Waals surface area contributed by atoms with Crippen LogP contribution < -0.4 is 4.90 Å². The average molecular weight is 337 g/mol. The van der Waals surface area contributed by atoms with Gasteiger partial charge in [0.05, 0.1) is 5.52 Å². The van der Waals surface area contributed by atoms with Crippen LogP contribution >= 0.6 is 11.6 Å². The number of alkyl halides is 2. The van der Waals surface area contributed by atoms with Crippen molar-refractivity contribution in [2.24, 2.45) is 0 Å². The smallest absolute Gasteiger partial charge is 0.249 e. The van der Waals surface area contributed by atoms with Gasteiger partial charge in [0, 0.05) is 41.9 Å². The standard InChI is InChI=1S/C18H19ClF2N2/c1-12(2)15-11-13-10-14(19)4-5-16(13)22-17(15)23-8-3-6-18(20,21)7-9-23/h4-5,10-11H,1,3,6-9H2,2H3. The van der Waals surface area contributed by atoms with Crippen molar-refractivity contribution in [1.82, 2.24) is 4.98 Å². The van der Waals surface area contributed by atoms with Crippen LogP contribution in [0.2, 0.25) is 5.02 Å². The summed E-state index contributed by atoms with van der Waals surface area (Å²) >= 11 is 6.05. The summed E-state index contributed by atoms with van der Waals surface area (Å²) in [5.74, 6) is -1.84. The summed E-state index contributed by atoms with van der Waals surface area (Å²) < 4.78 is 27.3. The van der Waals surface area contributed by atoms with Gasteiger partial charge >= 0.3 is 0 Å². The van der Waals surface area contributed by atoms with Crippen LogP contribution in [0, 0.1) is 0 Å². The van der Waals surface area contributed by atoms with E-state index in [1.165, 1.54) is 0 Å². The number of anilines is 1. The van der Waals surface area contributed by atoms with Gasteiger partial charge in [-0.25, -0.2) is 13.8 Å². The number of fused-ring (bicyclic) bond motifs is 1. The lowest BCUT2D eigenvalue weighted by Gasteiger charge is -2.25. The molecule has 1 fully saturated rings. The summed E-state index contributed by atoms with van der Waals surface area (Å²) in [5, 5.41) is 1.58. The largest absolute Gasteiger partial charge is 0.356 e. The molecule has 1 aliphatic heterocycles. The number of benzene rings is 1. The summed E-state index contributed by atoms with van der Waals surface area (Å²) in [6.07, 6.45) is 0.265. The molecule has 0 unspecified atom stereocenters. The summed E-state index contributed by atoms with van der Waals surface area (Å²) in [6, 6.07) is 7.50. The molecule has 0 N–H and O–H groups in total. The Morgan fingerprint density at radius 3 is 2.78 bits per heavy atom. The van der Waals surface area contributed by atoms with E-state index in [0.29, 0.717) is 24.5 Å². The molecule has 0 spiro atoms. The third kappa shape index (κ3) is 3.47. The summed E-state index contributed by atoms with van der Waals surface area (Å²) in [4.78, 5) is 6.67. The lowest BCUT2D eigenvalue weighted by atomic mass is 10.1. The Morgan fingerprint density at radius 1 is 1.26 bits per heavy atom. The number of pyridine rings is 1. The predicted octanol–water partition coefficient (Wildman–Crippen LogP) is 5.55. The Labute approximate surface area is 139 Å². The van der Waals surface area contributed by atoms with Crippen LogP contribution in [0.3, 0.4) is 0 Å². The molecule has 2 nitrogen and oxygen atoms in total. The number of allylic oxidation sites excluding steroid dienone is 1. The summed E-state index contributed by atoms with van der Waals surface area (Å²) in [5.41, 5.74) is 2.57. The molecule has 3 rings (SSSR count). The number of hydrogen-bond acceptors (Lipinski definition) is 2. The van der Waals surface area contributed by atoms with Crippen molar-refractivity contribution in [3.8, 4) is 0 Å². The first kappa shape index (κ1) is 16.2. The third-order valence-electron chi connectivity index (χ3n) is 4.23. The fraction of sp³-hybridized carbons (Fsp3) is 0.389. The molecule has 0 saturated carbocycles. The van der Waals surface area contributed by atoms with Crippen molar-refractivity contribution in [2.75, 3.05) is 18.0 Å². The average Bonchev–Trinajstić information content (AvgIpc) is 2.66. The number of rotatable bonds is 2. The van der Waals surface area contributed by atoms with E-state index in [9.17, 15) is 8.78 Å². The van der Waals surface area contributed by atoms with Gasteiger partial charge in [0.2, 0.25) is 5.92 Å². The summed E-state index contributed by atoms with van der Waals surface area (Å²) in [6.45, 7) is 6.81. The molecule has 0 bridgehead atoms. The molecule has 0 radical (unpaired) electrons. The molecule has 1 saturated heterocycles. The quantitative estimate of drug-likeness (QED) is 0.715. The monoisotopic (exact) mass is 336 g/mol. The van der Waals surface area contributed by atoms with Crippen molar-refractivity contribution < 1.29 is 8.78 Å². The third-order valence-corrected chi connectivity index (χ3v) is 4.47. The van der Waals surface area contributed by atoms with Crippen LogP contribution in [0.25, 0.3) is 16.5 Å². The number of nitrogens with zero attached hydrogens (tertiary/aromatic N) is 2. The van der Waals surface area contributed by atoms with Crippen LogP contribution in [0.5, 0.6) is 0 Å². The molecule has 122 valence electrons. The predicted molar refractivity (Wildman–Crippen MR) is 92.5 cm³/mol. The van der Waals surface area contributed by atoms with Gasteiger partial charge in [-0.05, 0) is 43.2 Å². The molecule has 23 heavy (non-hydrogen) atoms. The highest BCUT2D eigenvalue weighted by molar-refractivity contribution is 6.31. The molecular weight excluding hydrogens is 318 g/mol. The minimum absolute atomic E-state index is 0.0604. The topological polar surface area (TPSA) is 16.1 Å². The number of hydrogen-bond donors (Lipinski definition) is 0. The van der Waals surface area contributed by atoms with Gasteiger partial charge in [0.25, 0.3) is 0 Å². The minimum Gasteiger partial charge on any atom is -0.356 e. The fourth-order valence-corrected chi connectivity index (χ4v) is 3.15. The second-order valence-electron chi connectivity index (χ2n) is 6.17. The number of halogens is 3. The molecule has 5 heteroatoms. The first-order valence-corrected chi connectivity index (χ1v) is 8.12. The highest BCUT2D eigenvalue weighted by Gasteiger charge is 2.32. The van der Waals surface area contributed by atoms with E-state index in [4.69, 9.17) is 16.6 Å². The van der Waals surface area contributed by atoms with E-state index in [-0.39, 0.29) is 12.8 Å². The van der Waals surface area contributed by atoms with Gasteiger partial charge in [-0.3, -0.25) is 0 Å². The highest BCUT2D eigenvalue weighted by Crippen LogP contribution is 2.34. The summed E-state index contributed by atoms with van der Waals surface area (Å²) in [7, 11) is 0. The molecule has 2 heterocycles. The van der Waals surface area contributed by atoms with Gasteiger partial charge in [0.15, 0.2) is 0 Å². The van der Waals surface area contributed by atoms with Crippen molar-refractivity contribution in [2.45, 2.75) is 32.1 Å². The minimum atomic E-state index is -2.58. The van der Waals surface area contributed by atoms with E-state index in [1.807, 2.05) is 30.0 Å². The van der Waals surface area contributed by atoms with Crippen molar-refractivity contribution in [3.05, 3.63) is 41.4 Å². The fourth-order valence-electron chi connectivity index (χ4n) is 2.97. The van der Waals surface area contributed by atoms with Crippen molar-refractivity contribution >= 4 is 33.9 Å². The van der Waals surface area contributed by atoms with Crippen LogP contribution in [0.1, 0.15) is 31.7 Å². The van der Waals surface area contributed by atoms with E-state index >= 15 is 0 Å². The van der Waals surface area contributed by atoms with Gasteiger partial charge in [-0.2, -0.15) is 0 Å². The Morgan fingerprint density at radius 2 is 2.04 bits per heavy atom. The van der Waals surface area contributed by atoms with E-state index in [1.54, 1.807) is 6.07 Å². The van der Waals surface area contributed by atoms with Crippen LogP contribution in [0.4, 0.5) is 14.6 Å². The van der Waals surface area contributed by atoms with Gasteiger partial charge in [-0.1, -0.05) is 18.2 Å². The second-order valence-corrected chi connectivity index (χ2v) is 6.61. The molecule has 1 aromatic heterocycles. The van der Waals surface area contributed by atoms with E-state index < -0.39 is 5.92 Å².